The SMILES string of the molecule is CC(CN)CC(=O)NC1CNC(=O)C1. The van der Waals surface area contributed by atoms with E-state index in [0.29, 0.717) is 25.9 Å². The van der Waals surface area contributed by atoms with Crippen molar-refractivity contribution in [3.8, 4) is 0 Å². The predicted octanol–water partition coefficient (Wildman–Crippen LogP) is -1.02. The lowest BCUT2D eigenvalue weighted by Gasteiger charge is -2.12. The van der Waals surface area contributed by atoms with Gasteiger partial charge in [-0.15, -0.1) is 0 Å². The number of hydrogen-bond acceptors (Lipinski definition) is 3. The monoisotopic (exact) mass is 199 g/mol. The molecular weight excluding hydrogens is 182 g/mol. The zero-order chi connectivity index (χ0) is 10.6. The van der Waals surface area contributed by atoms with Crippen LogP contribution in [0.3, 0.4) is 0 Å². The van der Waals surface area contributed by atoms with Crippen molar-refractivity contribution < 1.29 is 9.59 Å². The second-order valence-electron chi connectivity index (χ2n) is 3.82. The average Bonchev–Trinajstić information content (AvgIpc) is 2.50. The molecule has 5 nitrogen and oxygen atoms in total. The highest BCUT2D eigenvalue weighted by Gasteiger charge is 2.22. The lowest BCUT2D eigenvalue weighted by atomic mass is 10.1. The molecule has 5 heteroatoms. The van der Waals surface area contributed by atoms with E-state index in [0.717, 1.165) is 0 Å². The van der Waals surface area contributed by atoms with Crippen LogP contribution in [0.15, 0.2) is 0 Å². The minimum Gasteiger partial charge on any atom is -0.354 e. The third-order valence-electron chi connectivity index (χ3n) is 2.28. The van der Waals surface area contributed by atoms with Gasteiger partial charge in [0.1, 0.15) is 0 Å². The van der Waals surface area contributed by atoms with Crippen LogP contribution < -0.4 is 16.4 Å². The van der Waals surface area contributed by atoms with E-state index in [2.05, 4.69) is 10.6 Å². The van der Waals surface area contributed by atoms with Gasteiger partial charge in [0, 0.05) is 19.4 Å². The predicted molar refractivity (Wildman–Crippen MR) is 52.4 cm³/mol. The summed E-state index contributed by atoms with van der Waals surface area (Å²) in [5, 5.41) is 5.46. The van der Waals surface area contributed by atoms with Crippen molar-refractivity contribution >= 4 is 11.8 Å². The van der Waals surface area contributed by atoms with Gasteiger partial charge in [0.15, 0.2) is 0 Å². The van der Waals surface area contributed by atoms with E-state index in [1.807, 2.05) is 6.92 Å². The van der Waals surface area contributed by atoms with Crippen molar-refractivity contribution in [2.45, 2.75) is 25.8 Å². The Balaban J connectivity index is 2.23. The van der Waals surface area contributed by atoms with E-state index in [1.165, 1.54) is 0 Å². The van der Waals surface area contributed by atoms with E-state index < -0.39 is 0 Å². The summed E-state index contributed by atoms with van der Waals surface area (Å²) >= 11 is 0. The van der Waals surface area contributed by atoms with E-state index in [9.17, 15) is 9.59 Å². The molecule has 0 aromatic carbocycles. The number of amides is 2. The van der Waals surface area contributed by atoms with Crippen LogP contribution in [0.4, 0.5) is 0 Å². The maximum atomic E-state index is 11.4. The number of hydrogen-bond donors (Lipinski definition) is 3. The van der Waals surface area contributed by atoms with Crippen molar-refractivity contribution in [1.82, 2.24) is 10.6 Å². The highest BCUT2D eigenvalue weighted by Crippen LogP contribution is 2.02. The molecular formula is C9H17N3O2. The lowest BCUT2D eigenvalue weighted by Crippen LogP contribution is -2.37. The van der Waals surface area contributed by atoms with Crippen LogP contribution in [0.2, 0.25) is 0 Å². The Morgan fingerprint density at radius 3 is 3.00 bits per heavy atom. The second kappa shape index (κ2) is 4.95. The smallest absolute Gasteiger partial charge is 0.222 e. The summed E-state index contributed by atoms with van der Waals surface area (Å²) in [6, 6.07) is -0.0417. The van der Waals surface area contributed by atoms with Gasteiger partial charge in [0.05, 0.1) is 6.04 Å². The molecule has 4 N–H and O–H groups in total. The Bertz CT molecular complexity index is 230. The molecule has 1 aliphatic heterocycles. The summed E-state index contributed by atoms with van der Waals surface area (Å²) < 4.78 is 0. The van der Waals surface area contributed by atoms with Gasteiger partial charge >= 0.3 is 0 Å². The minimum absolute atomic E-state index is 0.00201. The fraction of sp³-hybridized carbons (Fsp3) is 0.778. The van der Waals surface area contributed by atoms with Crippen molar-refractivity contribution in [2.75, 3.05) is 13.1 Å². The minimum atomic E-state index is -0.0417. The Labute approximate surface area is 83.4 Å². The number of carbonyl (C=O) groups is 2. The molecule has 0 spiro atoms. The van der Waals surface area contributed by atoms with Crippen molar-refractivity contribution in [3.05, 3.63) is 0 Å². The number of rotatable bonds is 4. The molecule has 1 saturated heterocycles. The molecule has 1 fully saturated rings. The first kappa shape index (κ1) is 11.0. The van der Waals surface area contributed by atoms with Gasteiger partial charge in [-0.05, 0) is 12.5 Å². The molecule has 0 aliphatic carbocycles. The number of carbonyl (C=O) groups excluding carboxylic acids is 2. The molecule has 0 bridgehead atoms. The summed E-state index contributed by atoms with van der Waals surface area (Å²) in [6.07, 6.45) is 0.823. The first-order valence-electron chi connectivity index (χ1n) is 4.88. The Hall–Kier alpha value is -1.10. The average molecular weight is 199 g/mol. The quantitative estimate of drug-likeness (QED) is 0.541. The maximum Gasteiger partial charge on any atom is 0.222 e. The van der Waals surface area contributed by atoms with Gasteiger partial charge in [-0.1, -0.05) is 6.92 Å². The van der Waals surface area contributed by atoms with Crippen molar-refractivity contribution in [1.29, 1.82) is 0 Å². The van der Waals surface area contributed by atoms with Crippen LogP contribution in [0.25, 0.3) is 0 Å². The van der Waals surface area contributed by atoms with Gasteiger partial charge in [0.25, 0.3) is 0 Å². The Morgan fingerprint density at radius 2 is 2.50 bits per heavy atom. The summed E-state index contributed by atoms with van der Waals surface area (Å²) in [5.41, 5.74) is 5.40. The molecule has 2 atom stereocenters. The molecule has 0 aromatic rings. The first-order valence-corrected chi connectivity index (χ1v) is 4.88. The highest BCUT2D eigenvalue weighted by atomic mass is 16.2. The first-order chi connectivity index (χ1) is 6.61. The van der Waals surface area contributed by atoms with E-state index in [4.69, 9.17) is 5.73 Å². The zero-order valence-corrected chi connectivity index (χ0v) is 8.38. The van der Waals surface area contributed by atoms with Gasteiger partial charge in [0.2, 0.25) is 11.8 Å². The van der Waals surface area contributed by atoms with Crippen molar-refractivity contribution in [3.63, 3.8) is 0 Å². The van der Waals surface area contributed by atoms with E-state index in [1.54, 1.807) is 0 Å². The standard InChI is InChI=1S/C9H17N3O2/c1-6(4-10)2-9(14)12-7-3-8(13)11-5-7/h6-7H,2-5,10H2,1H3,(H,11,13)(H,12,14). The molecule has 1 heterocycles. The molecule has 1 aliphatic rings. The van der Waals surface area contributed by atoms with Gasteiger partial charge in [-0.2, -0.15) is 0 Å². The fourth-order valence-electron chi connectivity index (χ4n) is 1.39. The molecule has 0 aromatic heterocycles. The normalized spacial score (nSPS) is 23.0. The van der Waals surface area contributed by atoms with Crippen LogP contribution in [-0.2, 0) is 9.59 Å². The van der Waals surface area contributed by atoms with Crippen LogP contribution in [-0.4, -0.2) is 30.9 Å². The topological polar surface area (TPSA) is 84.2 Å². The van der Waals surface area contributed by atoms with Gasteiger partial charge < -0.3 is 16.4 Å². The summed E-state index contributed by atoms with van der Waals surface area (Å²) in [5.74, 6) is 0.173. The molecule has 0 radical (unpaired) electrons. The maximum absolute atomic E-state index is 11.4. The molecule has 80 valence electrons. The van der Waals surface area contributed by atoms with Crippen molar-refractivity contribution in [2.24, 2.45) is 11.7 Å². The summed E-state index contributed by atoms with van der Waals surface area (Å²) in [7, 11) is 0. The molecule has 2 unspecified atom stereocenters. The van der Waals surface area contributed by atoms with E-state index in [-0.39, 0.29) is 23.8 Å². The third kappa shape index (κ3) is 3.33. The van der Waals surface area contributed by atoms with E-state index >= 15 is 0 Å². The van der Waals surface area contributed by atoms with Crippen LogP contribution in [0, 0.1) is 5.92 Å². The highest BCUT2D eigenvalue weighted by molar-refractivity contribution is 5.82. The molecule has 2 amide bonds. The van der Waals surface area contributed by atoms with Gasteiger partial charge in [-0.25, -0.2) is 0 Å². The largest absolute Gasteiger partial charge is 0.354 e. The Kier molecular flexibility index (Phi) is 3.88. The summed E-state index contributed by atoms with van der Waals surface area (Å²) in [4.78, 5) is 22.2. The van der Waals surface area contributed by atoms with Crippen LogP contribution >= 0.6 is 0 Å². The van der Waals surface area contributed by atoms with Gasteiger partial charge in [-0.3, -0.25) is 9.59 Å². The molecule has 0 saturated carbocycles. The number of nitrogens with two attached hydrogens (primary N) is 1. The zero-order valence-electron chi connectivity index (χ0n) is 8.38. The second-order valence-corrected chi connectivity index (χ2v) is 3.82. The van der Waals surface area contributed by atoms with Crippen LogP contribution in [0.1, 0.15) is 19.8 Å². The summed E-state index contributed by atoms with van der Waals surface area (Å²) in [6.45, 7) is 2.98. The Morgan fingerprint density at radius 1 is 1.79 bits per heavy atom. The fourth-order valence-corrected chi connectivity index (χ4v) is 1.39. The molecule has 1 rings (SSSR count). The third-order valence-corrected chi connectivity index (χ3v) is 2.28. The molecule has 14 heavy (non-hydrogen) atoms. The van der Waals surface area contributed by atoms with Crippen LogP contribution in [0.5, 0.6) is 0 Å². The lowest BCUT2D eigenvalue weighted by molar-refractivity contribution is -0.122. The number of nitrogens with one attached hydrogen (secondary N) is 2.